The third-order valence-corrected chi connectivity index (χ3v) is 2.20. The summed E-state index contributed by atoms with van der Waals surface area (Å²) in [5, 5.41) is 29.9. The summed E-state index contributed by atoms with van der Waals surface area (Å²) < 4.78 is 5.03. The van der Waals surface area contributed by atoms with Gasteiger partial charge in [-0.2, -0.15) is 0 Å². The Morgan fingerprint density at radius 2 is 1.95 bits per heavy atom. The Morgan fingerprint density at radius 3 is 2.45 bits per heavy atom. The van der Waals surface area contributed by atoms with Crippen molar-refractivity contribution in [2.75, 3.05) is 13.2 Å². The first kappa shape index (κ1) is 15.4. The van der Waals surface area contributed by atoms with E-state index in [2.05, 4.69) is 5.32 Å². The normalized spacial score (nSPS) is 11.4. The van der Waals surface area contributed by atoms with E-state index >= 15 is 0 Å². The van der Waals surface area contributed by atoms with Crippen molar-refractivity contribution in [1.82, 2.24) is 5.32 Å². The highest BCUT2D eigenvalue weighted by atomic mass is 16.6. The van der Waals surface area contributed by atoms with Crippen LogP contribution in [-0.4, -0.2) is 46.3 Å². The number of nitrogens with one attached hydrogen (secondary N) is 1. The molecule has 1 aromatic carbocycles. The van der Waals surface area contributed by atoms with E-state index in [-0.39, 0.29) is 11.4 Å². The van der Waals surface area contributed by atoms with Crippen LogP contribution < -0.4 is 10.1 Å². The fourth-order valence-corrected chi connectivity index (χ4v) is 1.16. The van der Waals surface area contributed by atoms with Crippen molar-refractivity contribution in [3.05, 3.63) is 34.4 Å². The number of benzene rings is 1. The second-order valence-electron chi connectivity index (χ2n) is 3.70. The maximum absolute atomic E-state index is 11.3. The molecule has 108 valence electrons. The van der Waals surface area contributed by atoms with Crippen LogP contribution in [0.4, 0.5) is 5.69 Å². The first-order valence-corrected chi connectivity index (χ1v) is 5.45. The van der Waals surface area contributed by atoms with E-state index in [9.17, 15) is 19.7 Å². The predicted molar refractivity (Wildman–Crippen MR) is 65.2 cm³/mol. The number of carboxylic acid groups (broad SMARTS) is 1. The first-order valence-electron chi connectivity index (χ1n) is 5.45. The van der Waals surface area contributed by atoms with Crippen LogP contribution in [0.3, 0.4) is 0 Å². The monoisotopic (exact) mass is 284 g/mol. The largest absolute Gasteiger partial charge is 0.484 e. The van der Waals surface area contributed by atoms with Gasteiger partial charge < -0.3 is 20.3 Å². The number of nitro groups is 1. The van der Waals surface area contributed by atoms with Crippen molar-refractivity contribution in [3.8, 4) is 5.75 Å². The lowest BCUT2D eigenvalue weighted by Gasteiger charge is -2.09. The number of aliphatic hydroxyl groups is 1. The third kappa shape index (κ3) is 4.90. The van der Waals surface area contributed by atoms with Gasteiger partial charge in [0.1, 0.15) is 5.75 Å². The number of amides is 1. The Hall–Kier alpha value is -2.68. The second kappa shape index (κ2) is 7.04. The fraction of sp³-hybridized carbons (Fsp3) is 0.273. The number of nitro benzene ring substituents is 1. The molecule has 0 saturated heterocycles. The lowest BCUT2D eigenvalue weighted by atomic mass is 10.3. The smallest absolute Gasteiger partial charge is 0.334 e. The molecule has 3 N–H and O–H groups in total. The highest BCUT2D eigenvalue weighted by Crippen LogP contribution is 2.16. The van der Waals surface area contributed by atoms with Crippen LogP contribution in [0.15, 0.2) is 24.3 Å². The van der Waals surface area contributed by atoms with Crippen molar-refractivity contribution in [3.63, 3.8) is 0 Å². The minimum absolute atomic E-state index is 0.105. The quantitative estimate of drug-likeness (QED) is 0.454. The van der Waals surface area contributed by atoms with Gasteiger partial charge in [-0.05, 0) is 12.1 Å². The number of non-ortho nitro benzene ring substituents is 1. The molecule has 0 saturated carbocycles. The Morgan fingerprint density at radius 1 is 1.35 bits per heavy atom. The van der Waals surface area contributed by atoms with Crippen LogP contribution >= 0.6 is 0 Å². The summed E-state index contributed by atoms with van der Waals surface area (Å²) in [7, 11) is 0. The molecule has 20 heavy (non-hydrogen) atoms. The Balaban J connectivity index is 2.37. The van der Waals surface area contributed by atoms with E-state index in [4.69, 9.17) is 14.9 Å². The summed E-state index contributed by atoms with van der Waals surface area (Å²) in [5.41, 5.74) is -0.105. The highest BCUT2D eigenvalue weighted by molar-refractivity contribution is 5.79. The number of aliphatic hydroxyl groups excluding tert-OH is 1. The van der Waals surface area contributed by atoms with Crippen molar-refractivity contribution in [1.29, 1.82) is 0 Å². The average molecular weight is 284 g/mol. The summed E-state index contributed by atoms with van der Waals surface area (Å²) in [5.74, 6) is -1.81. The lowest BCUT2D eigenvalue weighted by Crippen LogP contribution is -2.38. The molecule has 0 radical (unpaired) electrons. The molecule has 0 spiro atoms. The zero-order chi connectivity index (χ0) is 15.1. The van der Waals surface area contributed by atoms with Crippen molar-refractivity contribution >= 4 is 17.6 Å². The van der Waals surface area contributed by atoms with Crippen LogP contribution in [0.5, 0.6) is 5.75 Å². The first-order chi connectivity index (χ1) is 9.40. The van der Waals surface area contributed by atoms with Gasteiger partial charge in [0.25, 0.3) is 11.6 Å². The van der Waals surface area contributed by atoms with Crippen molar-refractivity contribution in [2.24, 2.45) is 0 Å². The molecule has 1 atom stereocenters. The van der Waals surface area contributed by atoms with E-state index in [0.29, 0.717) is 0 Å². The van der Waals surface area contributed by atoms with E-state index in [1.54, 1.807) is 0 Å². The molecule has 1 aromatic rings. The number of rotatable bonds is 7. The number of carbonyl (C=O) groups is 2. The summed E-state index contributed by atoms with van der Waals surface area (Å²) in [6, 6.07) is 5.11. The minimum atomic E-state index is -1.68. The van der Waals surface area contributed by atoms with Gasteiger partial charge in [-0.3, -0.25) is 14.9 Å². The van der Waals surface area contributed by atoms with Gasteiger partial charge in [0.15, 0.2) is 12.7 Å². The van der Waals surface area contributed by atoms with E-state index in [0.717, 1.165) is 0 Å². The van der Waals surface area contributed by atoms with E-state index in [1.807, 2.05) is 0 Å². The van der Waals surface area contributed by atoms with Crippen LogP contribution in [-0.2, 0) is 9.59 Å². The molecule has 0 heterocycles. The topological polar surface area (TPSA) is 139 Å². The number of carboxylic acids is 1. The molecule has 9 heteroatoms. The summed E-state index contributed by atoms with van der Waals surface area (Å²) in [6.45, 7) is -0.831. The fourth-order valence-electron chi connectivity index (χ4n) is 1.16. The predicted octanol–water partition coefficient (Wildman–Crippen LogP) is -0.465. The molecule has 0 bridgehead atoms. The van der Waals surface area contributed by atoms with Crippen LogP contribution in [0.1, 0.15) is 0 Å². The molecular weight excluding hydrogens is 272 g/mol. The number of carbonyl (C=O) groups excluding carboxylic acids is 1. The number of nitrogens with zero attached hydrogens (tertiary/aromatic N) is 1. The number of ether oxygens (including phenoxy) is 1. The highest BCUT2D eigenvalue weighted by Gasteiger charge is 2.14. The van der Waals surface area contributed by atoms with Gasteiger partial charge >= 0.3 is 5.97 Å². The summed E-state index contributed by atoms with van der Waals surface area (Å²) in [6.07, 6.45) is -1.68. The van der Waals surface area contributed by atoms with Crippen LogP contribution in [0.2, 0.25) is 0 Å². The molecule has 9 nitrogen and oxygen atoms in total. The Kier molecular flexibility index (Phi) is 5.42. The van der Waals surface area contributed by atoms with Gasteiger partial charge in [0.2, 0.25) is 0 Å². The van der Waals surface area contributed by atoms with Crippen LogP contribution in [0.25, 0.3) is 0 Å². The van der Waals surface area contributed by atoms with Gasteiger partial charge in [-0.25, -0.2) is 4.79 Å². The zero-order valence-electron chi connectivity index (χ0n) is 10.2. The van der Waals surface area contributed by atoms with Gasteiger partial charge in [-0.15, -0.1) is 0 Å². The summed E-state index contributed by atoms with van der Waals surface area (Å²) >= 11 is 0. The van der Waals surface area contributed by atoms with Gasteiger partial charge in [-0.1, -0.05) is 0 Å². The molecule has 0 aliphatic rings. The minimum Gasteiger partial charge on any atom is -0.484 e. The van der Waals surface area contributed by atoms with E-state index < -0.39 is 36.1 Å². The third-order valence-electron chi connectivity index (χ3n) is 2.20. The maximum Gasteiger partial charge on any atom is 0.334 e. The molecule has 1 unspecified atom stereocenters. The molecule has 0 aliphatic carbocycles. The van der Waals surface area contributed by atoms with Gasteiger partial charge in [0.05, 0.1) is 11.5 Å². The standard InChI is InChI=1S/C11H12N2O7/c14-9(11(16)17)5-12-10(15)6-20-8-3-1-7(2-4-8)13(18)19/h1-4,9,14H,5-6H2,(H,12,15)(H,16,17). The zero-order valence-corrected chi connectivity index (χ0v) is 10.2. The number of hydrogen-bond donors (Lipinski definition) is 3. The molecule has 0 fully saturated rings. The van der Waals surface area contributed by atoms with Gasteiger partial charge in [0, 0.05) is 12.1 Å². The Labute approximate surface area is 112 Å². The lowest BCUT2D eigenvalue weighted by molar-refractivity contribution is -0.384. The molecule has 0 aliphatic heterocycles. The maximum atomic E-state index is 11.3. The SMILES string of the molecule is O=C(COc1ccc([N+](=O)[O-])cc1)NCC(O)C(=O)O. The number of aliphatic carboxylic acids is 1. The van der Waals surface area contributed by atoms with Crippen molar-refractivity contribution in [2.45, 2.75) is 6.10 Å². The summed E-state index contributed by atoms with van der Waals surface area (Å²) in [4.78, 5) is 31.4. The molecule has 1 rings (SSSR count). The van der Waals surface area contributed by atoms with Crippen LogP contribution in [0, 0.1) is 10.1 Å². The van der Waals surface area contributed by atoms with E-state index in [1.165, 1.54) is 24.3 Å². The average Bonchev–Trinajstić information content (AvgIpc) is 2.42. The molecule has 1 amide bonds. The number of hydrogen-bond acceptors (Lipinski definition) is 6. The Bertz CT molecular complexity index is 500. The second-order valence-corrected chi connectivity index (χ2v) is 3.70. The molecule has 0 aromatic heterocycles. The van der Waals surface area contributed by atoms with Crippen molar-refractivity contribution < 1.29 is 29.5 Å². The molecular formula is C11H12N2O7.